The standard InChI is InChI=1S/C16H13ClO/c17-14-8-3-7-13(11-14)16-10-4-6-12-5-1-2-9-15(12)18-16/h1-5,7-11,16H,6H2/t16-/m0/s1. The third-order valence-electron chi connectivity index (χ3n) is 3.05. The molecule has 1 heterocycles. The van der Waals surface area contributed by atoms with Crippen LogP contribution >= 0.6 is 11.6 Å². The average Bonchev–Trinajstić information content (AvgIpc) is 2.60. The molecule has 90 valence electrons. The molecule has 1 aliphatic heterocycles. The fourth-order valence-corrected chi connectivity index (χ4v) is 2.34. The lowest BCUT2D eigenvalue weighted by Crippen LogP contribution is -2.04. The van der Waals surface area contributed by atoms with Crippen molar-refractivity contribution in [1.29, 1.82) is 0 Å². The molecule has 0 saturated heterocycles. The number of allylic oxidation sites excluding steroid dienone is 1. The Morgan fingerprint density at radius 1 is 1.06 bits per heavy atom. The van der Waals surface area contributed by atoms with Crippen LogP contribution in [-0.4, -0.2) is 0 Å². The Labute approximate surface area is 112 Å². The number of fused-ring (bicyclic) bond motifs is 1. The van der Waals surface area contributed by atoms with Gasteiger partial charge in [0.05, 0.1) is 0 Å². The molecule has 2 aromatic carbocycles. The van der Waals surface area contributed by atoms with Gasteiger partial charge in [-0.1, -0.05) is 48.0 Å². The van der Waals surface area contributed by atoms with Gasteiger partial charge in [0, 0.05) is 5.02 Å². The molecule has 1 aliphatic rings. The maximum Gasteiger partial charge on any atom is 0.142 e. The molecule has 0 spiro atoms. The number of ether oxygens (including phenoxy) is 1. The molecule has 0 amide bonds. The number of hydrogen-bond donors (Lipinski definition) is 0. The van der Waals surface area contributed by atoms with E-state index < -0.39 is 0 Å². The van der Waals surface area contributed by atoms with Gasteiger partial charge in [-0.3, -0.25) is 0 Å². The van der Waals surface area contributed by atoms with Crippen molar-refractivity contribution in [3.05, 3.63) is 76.8 Å². The molecule has 0 fully saturated rings. The predicted molar refractivity (Wildman–Crippen MR) is 74.1 cm³/mol. The van der Waals surface area contributed by atoms with Crippen LogP contribution in [0.5, 0.6) is 5.75 Å². The summed E-state index contributed by atoms with van der Waals surface area (Å²) >= 11 is 6.03. The number of para-hydroxylation sites is 1. The molecule has 2 aromatic rings. The van der Waals surface area contributed by atoms with Gasteiger partial charge in [0.2, 0.25) is 0 Å². The van der Waals surface area contributed by atoms with Crippen molar-refractivity contribution < 1.29 is 4.74 Å². The first-order valence-corrected chi connectivity index (χ1v) is 6.37. The Bertz CT molecular complexity index is 589. The van der Waals surface area contributed by atoms with E-state index in [-0.39, 0.29) is 6.10 Å². The minimum Gasteiger partial charge on any atom is -0.481 e. The third-order valence-corrected chi connectivity index (χ3v) is 3.29. The van der Waals surface area contributed by atoms with Crippen LogP contribution in [0.25, 0.3) is 0 Å². The van der Waals surface area contributed by atoms with Crippen molar-refractivity contribution in [2.24, 2.45) is 0 Å². The molecule has 0 unspecified atom stereocenters. The molecule has 18 heavy (non-hydrogen) atoms. The summed E-state index contributed by atoms with van der Waals surface area (Å²) in [6.07, 6.45) is 5.09. The van der Waals surface area contributed by atoms with Crippen LogP contribution in [0, 0.1) is 0 Å². The van der Waals surface area contributed by atoms with Crippen LogP contribution in [0.4, 0.5) is 0 Å². The lowest BCUT2D eigenvalue weighted by Gasteiger charge is -2.16. The van der Waals surface area contributed by atoms with Crippen molar-refractivity contribution in [3.8, 4) is 5.75 Å². The lowest BCUT2D eigenvalue weighted by molar-refractivity contribution is 0.256. The first-order chi connectivity index (χ1) is 8.83. The predicted octanol–water partition coefficient (Wildman–Crippen LogP) is 4.57. The zero-order valence-corrected chi connectivity index (χ0v) is 10.6. The van der Waals surface area contributed by atoms with Gasteiger partial charge in [0.25, 0.3) is 0 Å². The summed E-state index contributed by atoms with van der Waals surface area (Å²) in [5, 5.41) is 0.738. The summed E-state index contributed by atoms with van der Waals surface area (Å²) in [7, 11) is 0. The molecule has 0 aromatic heterocycles. The lowest BCUT2D eigenvalue weighted by atomic mass is 10.1. The van der Waals surface area contributed by atoms with Crippen LogP contribution in [-0.2, 0) is 6.42 Å². The summed E-state index contributed by atoms with van der Waals surface area (Å²) in [5.41, 5.74) is 2.30. The van der Waals surface area contributed by atoms with Gasteiger partial charge in [0.15, 0.2) is 0 Å². The normalized spacial score (nSPS) is 17.7. The first-order valence-electron chi connectivity index (χ1n) is 5.99. The minimum atomic E-state index is -0.0626. The minimum absolute atomic E-state index is 0.0626. The van der Waals surface area contributed by atoms with E-state index in [1.54, 1.807) is 0 Å². The maximum absolute atomic E-state index is 6.05. The second kappa shape index (κ2) is 4.87. The highest BCUT2D eigenvalue weighted by molar-refractivity contribution is 6.30. The largest absolute Gasteiger partial charge is 0.481 e. The van der Waals surface area contributed by atoms with E-state index in [9.17, 15) is 0 Å². The van der Waals surface area contributed by atoms with Gasteiger partial charge in [-0.15, -0.1) is 0 Å². The zero-order valence-electron chi connectivity index (χ0n) is 9.84. The van der Waals surface area contributed by atoms with E-state index in [0.29, 0.717) is 0 Å². The fourth-order valence-electron chi connectivity index (χ4n) is 2.14. The Morgan fingerprint density at radius 3 is 2.83 bits per heavy atom. The van der Waals surface area contributed by atoms with Gasteiger partial charge in [-0.25, -0.2) is 0 Å². The topological polar surface area (TPSA) is 9.23 Å². The summed E-state index contributed by atoms with van der Waals surface area (Å²) in [6, 6.07) is 16.0. The van der Waals surface area contributed by atoms with Gasteiger partial charge in [-0.05, 0) is 41.8 Å². The monoisotopic (exact) mass is 256 g/mol. The van der Waals surface area contributed by atoms with E-state index in [1.165, 1.54) is 5.56 Å². The van der Waals surface area contributed by atoms with Crippen LogP contribution in [0.1, 0.15) is 17.2 Å². The number of hydrogen-bond acceptors (Lipinski definition) is 1. The number of rotatable bonds is 1. The molecule has 0 bridgehead atoms. The second-order valence-corrected chi connectivity index (χ2v) is 4.77. The Balaban J connectivity index is 1.96. The van der Waals surface area contributed by atoms with Crippen molar-refractivity contribution in [2.45, 2.75) is 12.5 Å². The van der Waals surface area contributed by atoms with Crippen molar-refractivity contribution in [3.63, 3.8) is 0 Å². The van der Waals surface area contributed by atoms with Crippen molar-refractivity contribution in [2.75, 3.05) is 0 Å². The Kier molecular flexibility index (Phi) is 3.07. The smallest absolute Gasteiger partial charge is 0.142 e. The molecule has 0 N–H and O–H groups in total. The van der Waals surface area contributed by atoms with Crippen molar-refractivity contribution in [1.82, 2.24) is 0 Å². The number of benzene rings is 2. The van der Waals surface area contributed by atoms with Gasteiger partial charge in [0.1, 0.15) is 11.9 Å². The summed E-state index contributed by atoms with van der Waals surface area (Å²) < 4.78 is 6.05. The highest BCUT2D eigenvalue weighted by Crippen LogP contribution is 2.30. The molecule has 0 radical (unpaired) electrons. The molecule has 2 heteroatoms. The van der Waals surface area contributed by atoms with Gasteiger partial charge < -0.3 is 4.74 Å². The molecular weight excluding hydrogens is 244 g/mol. The second-order valence-electron chi connectivity index (χ2n) is 4.33. The fraction of sp³-hybridized carbons (Fsp3) is 0.125. The molecule has 0 aliphatic carbocycles. The third kappa shape index (κ3) is 2.27. The maximum atomic E-state index is 6.05. The molecular formula is C16H13ClO. The summed E-state index contributed by atoms with van der Waals surface area (Å²) in [4.78, 5) is 0. The summed E-state index contributed by atoms with van der Waals surface area (Å²) in [5.74, 6) is 0.951. The Hall–Kier alpha value is -1.73. The highest BCUT2D eigenvalue weighted by atomic mass is 35.5. The van der Waals surface area contributed by atoms with Crippen molar-refractivity contribution >= 4 is 11.6 Å². The number of halogens is 1. The van der Waals surface area contributed by atoms with Crippen LogP contribution in [0.15, 0.2) is 60.7 Å². The van der Waals surface area contributed by atoms with E-state index in [2.05, 4.69) is 18.2 Å². The average molecular weight is 257 g/mol. The SMILES string of the molecule is Clc1cccc([C@@H]2C=CCc3ccccc3O2)c1. The first kappa shape index (κ1) is 11.4. The highest BCUT2D eigenvalue weighted by Gasteiger charge is 2.15. The Morgan fingerprint density at radius 2 is 1.94 bits per heavy atom. The quantitative estimate of drug-likeness (QED) is 0.679. The molecule has 3 rings (SSSR count). The van der Waals surface area contributed by atoms with Crippen LogP contribution in [0.2, 0.25) is 5.02 Å². The molecule has 0 saturated carbocycles. The zero-order chi connectivity index (χ0) is 12.4. The van der Waals surface area contributed by atoms with E-state index in [1.807, 2.05) is 42.5 Å². The van der Waals surface area contributed by atoms with E-state index in [4.69, 9.17) is 16.3 Å². The molecule has 1 atom stereocenters. The van der Waals surface area contributed by atoms with Gasteiger partial charge >= 0.3 is 0 Å². The molecule has 1 nitrogen and oxygen atoms in total. The summed E-state index contributed by atoms with van der Waals surface area (Å²) in [6.45, 7) is 0. The van der Waals surface area contributed by atoms with Crippen LogP contribution in [0.3, 0.4) is 0 Å². The van der Waals surface area contributed by atoms with E-state index >= 15 is 0 Å². The van der Waals surface area contributed by atoms with Gasteiger partial charge in [-0.2, -0.15) is 0 Å². The van der Waals surface area contributed by atoms with Crippen LogP contribution < -0.4 is 4.74 Å². The van der Waals surface area contributed by atoms with E-state index in [0.717, 1.165) is 22.8 Å².